The van der Waals surface area contributed by atoms with Gasteiger partial charge in [0, 0.05) is 25.1 Å². The zero-order chi connectivity index (χ0) is 15.0. The first-order valence-corrected chi connectivity index (χ1v) is 6.92. The number of aromatic nitrogens is 2. The zero-order valence-electron chi connectivity index (χ0n) is 12.1. The molecule has 0 spiro atoms. The van der Waals surface area contributed by atoms with E-state index in [9.17, 15) is 13.6 Å². The molecular formula is C14H21F2N3O. The molecule has 1 heterocycles. The van der Waals surface area contributed by atoms with Gasteiger partial charge in [-0.15, -0.1) is 0 Å². The molecule has 1 aliphatic carbocycles. The van der Waals surface area contributed by atoms with E-state index in [1.54, 1.807) is 16.9 Å². The van der Waals surface area contributed by atoms with Crippen LogP contribution in [0.2, 0.25) is 0 Å². The van der Waals surface area contributed by atoms with E-state index in [2.05, 4.69) is 10.4 Å². The second-order valence-electron chi connectivity index (χ2n) is 6.42. The normalized spacial score (nSPS) is 19.9. The van der Waals surface area contributed by atoms with Crippen LogP contribution in [0.1, 0.15) is 56.9 Å². The van der Waals surface area contributed by atoms with Crippen LogP contribution >= 0.6 is 0 Å². The summed E-state index contributed by atoms with van der Waals surface area (Å²) in [6.07, 6.45) is 2.07. The second kappa shape index (κ2) is 5.14. The van der Waals surface area contributed by atoms with Crippen molar-refractivity contribution < 1.29 is 13.6 Å². The third-order valence-electron chi connectivity index (χ3n) is 3.56. The molecule has 1 fully saturated rings. The van der Waals surface area contributed by atoms with Crippen LogP contribution in [0, 0.1) is 0 Å². The number of carbonyl (C=O) groups excluding carboxylic acids is 1. The quantitative estimate of drug-likeness (QED) is 0.908. The molecule has 112 valence electrons. The highest BCUT2D eigenvalue weighted by atomic mass is 19.3. The van der Waals surface area contributed by atoms with Crippen LogP contribution in [0.5, 0.6) is 0 Å². The lowest BCUT2D eigenvalue weighted by Gasteiger charge is -2.28. The molecule has 1 aliphatic rings. The molecule has 0 unspecified atom stereocenters. The van der Waals surface area contributed by atoms with Crippen molar-refractivity contribution in [2.45, 2.75) is 64.0 Å². The Morgan fingerprint density at radius 2 is 2.00 bits per heavy atom. The monoisotopic (exact) mass is 285 g/mol. The Morgan fingerprint density at radius 1 is 1.40 bits per heavy atom. The Balaban J connectivity index is 1.94. The van der Waals surface area contributed by atoms with Crippen molar-refractivity contribution in [2.24, 2.45) is 0 Å². The molecule has 1 saturated carbocycles. The number of nitrogens with one attached hydrogen (secondary N) is 1. The van der Waals surface area contributed by atoms with E-state index in [0.29, 0.717) is 18.5 Å². The van der Waals surface area contributed by atoms with E-state index in [4.69, 9.17) is 0 Å². The third kappa shape index (κ3) is 3.55. The molecule has 1 amide bonds. The van der Waals surface area contributed by atoms with Crippen LogP contribution in [-0.2, 0) is 5.54 Å². The number of alkyl halides is 2. The fourth-order valence-electron chi connectivity index (χ4n) is 2.26. The van der Waals surface area contributed by atoms with Gasteiger partial charge >= 0.3 is 0 Å². The smallest absolute Gasteiger partial charge is 0.271 e. The Morgan fingerprint density at radius 3 is 2.50 bits per heavy atom. The van der Waals surface area contributed by atoms with Gasteiger partial charge in [0.05, 0.1) is 5.54 Å². The molecule has 0 aliphatic heterocycles. The molecule has 0 aromatic carbocycles. The molecule has 0 saturated heterocycles. The van der Waals surface area contributed by atoms with Gasteiger partial charge in [0.2, 0.25) is 5.92 Å². The van der Waals surface area contributed by atoms with Gasteiger partial charge < -0.3 is 5.32 Å². The maximum atomic E-state index is 13.0. The highest BCUT2D eigenvalue weighted by Gasteiger charge is 2.35. The molecule has 6 heteroatoms. The second-order valence-corrected chi connectivity index (χ2v) is 6.42. The number of halogens is 2. The summed E-state index contributed by atoms with van der Waals surface area (Å²) >= 11 is 0. The lowest BCUT2D eigenvalue weighted by atomic mass is 9.92. The first-order valence-electron chi connectivity index (χ1n) is 6.92. The van der Waals surface area contributed by atoms with Gasteiger partial charge in [-0.2, -0.15) is 5.10 Å². The van der Waals surface area contributed by atoms with Gasteiger partial charge in [0.15, 0.2) is 0 Å². The van der Waals surface area contributed by atoms with Gasteiger partial charge in [-0.05, 0) is 39.7 Å². The van der Waals surface area contributed by atoms with E-state index in [1.807, 2.05) is 20.8 Å². The molecule has 1 aromatic heterocycles. The summed E-state index contributed by atoms with van der Waals surface area (Å²) in [5.41, 5.74) is 0.142. The molecule has 4 nitrogen and oxygen atoms in total. The molecule has 0 radical (unpaired) electrons. The third-order valence-corrected chi connectivity index (χ3v) is 3.56. The van der Waals surface area contributed by atoms with Crippen LogP contribution in [0.15, 0.2) is 12.3 Å². The average Bonchev–Trinajstić information content (AvgIpc) is 2.81. The first kappa shape index (κ1) is 14.9. The minimum Gasteiger partial charge on any atom is -0.348 e. The molecule has 0 bridgehead atoms. The van der Waals surface area contributed by atoms with Crippen LogP contribution < -0.4 is 5.32 Å². The molecule has 1 N–H and O–H groups in total. The van der Waals surface area contributed by atoms with E-state index in [-0.39, 0.29) is 30.3 Å². The van der Waals surface area contributed by atoms with E-state index < -0.39 is 5.92 Å². The number of amides is 1. The molecule has 0 atom stereocenters. The molecule has 1 aromatic rings. The highest BCUT2D eigenvalue weighted by Crippen LogP contribution is 2.33. The SMILES string of the molecule is CC(C)(C)n1ccc(C(=O)NC2CCC(F)(F)CC2)n1. The van der Waals surface area contributed by atoms with Gasteiger partial charge in [-0.25, -0.2) is 8.78 Å². The number of nitrogens with zero attached hydrogens (tertiary/aromatic N) is 2. The van der Waals surface area contributed by atoms with Gasteiger partial charge in [-0.1, -0.05) is 0 Å². The highest BCUT2D eigenvalue weighted by molar-refractivity contribution is 5.92. The predicted molar refractivity (Wildman–Crippen MR) is 71.9 cm³/mol. The summed E-state index contributed by atoms with van der Waals surface area (Å²) in [6, 6.07) is 1.47. The van der Waals surface area contributed by atoms with Gasteiger partial charge in [-0.3, -0.25) is 9.48 Å². The Hall–Kier alpha value is -1.46. The summed E-state index contributed by atoms with van der Waals surface area (Å²) in [7, 11) is 0. The maximum Gasteiger partial charge on any atom is 0.271 e. The average molecular weight is 285 g/mol. The van der Waals surface area contributed by atoms with Crippen LogP contribution in [0.3, 0.4) is 0 Å². The zero-order valence-corrected chi connectivity index (χ0v) is 12.1. The fourth-order valence-corrected chi connectivity index (χ4v) is 2.26. The lowest BCUT2D eigenvalue weighted by molar-refractivity contribution is -0.0399. The van der Waals surface area contributed by atoms with Crippen molar-refractivity contribution in [3.63, 3.8) is 0 Å². The van der Waals surface area contributed by atoms with E-state index in [0.717, 1.165) is 0 Å². The predicted octanol–water partition coefficient (Wildman–Crippen LogP) is 2.95. The standard InChI is InChI=1S/C14H21F2N3O/c1-13(2,3)19-9-6-11(18-19)12(20)17-10-4-7-14(15,16)8-5-10/h6,9-10H,4-5,7-8H2,1-3H3,(H,17,20). The minimum atomic E-state index is -2.57. The van der Waals surface area contributed by atoms with Crippen LogP contribution in [0.4, 0.5) is 8.78 Å². The lowest BCUT2D eigenvalue weighted by Crippen LogP contribution is -2.40. The summed E-state index contributed by atoms with van der Waals surface area (Å²) in [5, 5.41) is 7.02. The minimum absolute atomic E-state index is 0.158. The van der Waals surface area contributed by atoms with Crippen molar-refractivity contribution in [3.05, 3.63) is 18.0 Å². The summed E-state index contributed by atoms with van der Waals surface area (Å²) in [4.78, 5) is 12.0. The van der Waals surface area contributed by atoms with Gasteiger partial charge in [0.1, 0.15) is 5.69 Å². The number of hydrogen-bond donors (Lipinski definition) is 1. The molecular weight excluding hydrogens is 264 g/mol. The Labute approximate surface area is 117 Å². The topological polar surface area (TPSA) is 46.9 Å². The van der Waals surface area contributed by atoms with Crippen LogP contribution in [0.25, 0.3) is 0 Å². The Kier molecular flexibility index (Phi) is 3.84. The Bertz CT molecular complexity index is 481. The van der Waals surface area contributed by atoms with Gasteiger partial charge in [0.25, 0.3) is 5.91 Å². The van der Waals surface area contributed by atoms with Crippen molar-refractivity contribution >= 4 is 5.91 Å². The number of carbonyl (C=O) groups is 1. The van der Waals surface area contributed by atoms with Crippen molar-refractivity contribution in [3.8, 4) is 0 Å². The summed E-state index contributed by atoms with van der Waals surface area (Å²) in [5.74, 6) is -2.86. The number of hydrogen-bond acceptors (Lipinski definition) is 2. The molecule has 20 heavy (non-hydrogen) atoms. The maximum absolute atomic E-state index is 13.0. The van der Waals surface area contributed by atoms with Crippen LogP contribution in [-0.4, -0.2) is 27.7 Å². The number of rotatable bonds is 2. The van der Waals surface area contributed by atoms with E-state index in [1.165, 1.54) is 0 Å². The van der Waals surface area contributed by atoms with Crippen molar-refractivity contribution in [1.29, 1.82) is 0 Å². The van der Waals surface area contributed by atoms with Crippen molar-refractivity contribution in [2.75, 3.05) is 0 Å². The van der Waals surface area contributed by atoms with Crippen molar-refractivity contribution in [1.82, 2.24) is 15.1 Å². The first-order chi connectivity index (χ1) is 9.17. The molecule has 2 rings (SSSR count). The summed E-state index contributed by atoms with van der Waals surface area (Å²) in [6.45, 7) is 5.97. The largest absolute Gasteiger partial charge is 0.348 e. The van der Waals surface area contributed by atoms with E-state index >= 15 is 0 Å². The fraction of sp³-hybridized carbons (Fsp3) is 0.714. The summed E-state index contributed by atoms with van der Waals surface area (Å²) < 4.78 is 27.8.